The fourth-order valence-corrected chi connectivity index (χ4v) is 3.03. The summed E-state index contributed by atoms with van der Waals surface area (Å²) in [6.07, 6.45) is 0.402. The molecule has 2 rings (SSSR count). The highest BCUT2D eigenvalue weighted by molar-refractivity contribution is 6.42. The maximum atomic E-state index is 12.4. The van der Waals surface area contributed by atoms with E-state index in [1.165, 1.54) is 0 Å². The molecule has 0 radical (unpaired) electrons. The number of rotatable bonds is 7. The first kappa shape index (κ1) is 20.3. The van der Waals surface area contributed by atoms with Gasteiger partial charge in [0.05, 0.1) is 22.9 Å². The average Bonchev–Trinajstić information content (AvgIpc) is 2.53. The number of carbonyl (C=O) groups is 2. The second kappa shape index (κ2) is 9.06. The Morgan fingerprint density at radius 3 is 2.31 bits per heavy atom. The number of hydrogen-bond acceptors (Lipinski definition) is 2. The van der Waals surface area contributed by atoms with E-state index in [1.54, 1.807) is 18.2 Å². The van der Waals surface area contributed by atoms with Crippen molar-refractivity contribution in [3.63, 3.8) is 0 Å². The van der Waals surface area contributed by atoms with Crippen LogP contribution in [0.2, 0.25) is 10.0 Å². The van der Waals surface area contributed by atoms with Gasteiger partial charge in [-0.05, 0) is 54.7 Å². The van der Waals surface area contributed by atoms with Gasteiger partial charge in [0.25, 0.3) is 0 Å². The molecular weight excluding hydrogens is 373 g/mol. The molecule has 2 aromatic carbocycles. The molecule has 4 nitrogen and oxygen atoms in total. The van der Waals surface area contributed by atoms with Gasteiger partial charge in [-0.3, -0.25) is 9.59 Å². The number of hydrogen-bond donors (Lipinski definition) is 2. The van der Waals surface area contributed by atoms with E-state index in [0.29, 0.717) is 16.5 Å². The van der Waals surface area contributed by atoms with Gasteiger partial charge in [0.1, 0.15) is 0 Å². The average molecular weight is 394 g/mol. The highest BCUT2D eigenvalue weighted by atomic mass is 35.5. The number of carboxylic acid groups (broad SMARTS) is 1. The summed E-state index contributed by atoms with van der Waals surface area (Å²) in [6.45, 7) is 4.01. The van der Waals surface area contributed by atoms with Gasteiger partial charge in [-0.1, -0.05) is 47.5 Å². The maximum absolute atomic E-state index is 12.4. The van der Waals surface area contributed by atoms with Gasteiger partial charge < -0.3 is 10.4 Å². The maximum Gasteiger partial charge on any atom is 0.305 e. The van der Waals surface area contributed by atoms with Crippen LogP contribution in [0.25, 0.3) is 0 Å². The molecular formula is C20H21Cl2NO3. The summed E-state index contributed by atoms with van der Waals surface area (Å²) in [4.78, 5) is 23.5. The molecule has 0 bridgehead atoms. The van der Waals surface area contributed by atoms with Crippen molar-refractivity contribution in [2.24, 2.45) is 0 Å². The number of nitrogens with one attached hydrogen (secondary N) is 1. The molecule has 0 saturated heterocycles. The van der Waals surface area contributed by atoms with Crippen LogP contribution < -0.4 is 5.32 Å². The molecule has 0 aromatic heterocycles. The van der Waals surface area contributed by atoms with E-state index < -0.39 is 12.0 Å². The zero-order valence-corrected chi connectivity index (χ0v) is 16.2. The number of benzene rings is 2. The first-order chi connectivity index (χ1) is 12.2. The summed E-state index contributed by atoms with van der Waals surface area (Å²) in [5.41, 5.74) is 4.00. The fraction of sp³-hybridized carbons (Fsp3) is 0.300. The highest BCUT2D eigenvalue weighted by Crippen LogP contribution is 2.23. The lowest BCUT2D eigenvalue weighted by Crippen LogP contribution is -2.39. The largest absolute Gasteiger partial charge is 0.481 e. The molecule has 0 aliphatic heterocycles. The van der Waals surface area contributed by atoms with Gasteiger partial charge in [-0.2, -0.15) is 0 Å². The van der Waals surface area contributed by atoms with Crippen LogP contribution in [0.15, 0.2) is 36.4 Å². The van der Waals surface area contributed by atoms with Crippen LogP contribution in [0.1, 0.15) is 28.7 Å². The predicted molar refractivity (Wildman–Crippen MR) is 104 cm³/mol. The van der Waals surface area contributed by atoms with E-state index in [9.17, 15) is 9.59 Å². The van der Waals surface area contributed by atoms with Gasteiger partial charge in [-0.25, -0.2) is 0 Å². The summed E-state index contributed by atoms with van der Waals surface area (Å²) in [6, 6.07) is 10.5. The third kappa shape index (κ3) is 6.04. The molecule has 0 aliphatic carbocycles. The molecule has 26 heavy (non-hydrogen) atoms. The van der Waals surface area contributed by atoms with Gasteiger partial charge in [-0.15, -0.1) is 0 Å². The van der Waals surface area contributed by atoms with E-state index in [0.717, 1.165) is 22.3 Å². The minimum atomic E-state index is -0.971. The lowest BCUT2D eigenvalue weighted by molar-refractivity contribution is -0.137. The fourth-order valence-electron chi connectivity index (χ4n) is 2.71. The molecule has 2 aromatic rings. The SMILES string of the molecule is Cc1ccc(CC(=O)N[C@H](CC(=O)O)Cc2ccc(Cl)c(Cl)c2)cc1C. The Hall–Kier alpha value is -2.04. The number of halogens is 2. The lowest BCUT2D eigenvalue weighted by atomic mass is 10.0. The van der Waals surface area contributed by atoms with E-state index in [1.807, 2.05) is 32.0 Å². The molecule has 1 atom stereocenters. The Morgan fingerprint density at radius 1 is 1.00 bits per heavy atom. The summed E-state index contributed by atoms with van der Waals surface area (Å²) < 4.78 is 0. The van der Waals surface area contributed by atoms with Crippen molar-refractivity contribution in [3.8, 4) is 0 Å². The Bertz CT molecular complexity index is 821. The first-order valence-corrected chi connectivity index (χ1v) is 9.01. The Morgan fingerprint density at radius 2 is 1.69 bits per heavy atom. The van der Waals surface area contributed by atoms with Gasteiger partial charge in [0.15, 0.2) is 0 Å². The molecule has 0 aliphatic rings. The lowest BCUT2D eigenvalue weighted by Gasteiger charge is -2.18. The van der Waals surface area contributed by atoms with E-state index in [-0.39, 0.29) is 18.7 Å². The predicted octanol–water partition coefficient (Wildman–Crippen LogP) is 4.35. The smallest absolute Gasteiger partial charge is 0.305 e. The van der Waals surface area contributed by atoms with E-state index >= 15 is 0 Å². The van der Waals surface area contributed by atoms with Crippen LogP contribution >= 0.6 is 23.2 Å². The van der Waals surface area contributed by atoms with Crippen LogP contribution in [-0.4, -0.2) is 23.0 Å². The van der Waals surface area contributed by atoms with Gasteiger partial charge >= 0.3 is 5.97 Å². The molecule has 0 spiro atoms. The quantitative estimate of drug-likeness (QED) is 0.734. The molecule has 0 saturated carbocycles. The minimum Gasteiger partial charge on any atom is -0.481 e. The number of aliphatic carboxylic acids is 1. The summed E-state index contributed by atoms with van der Waals surface area (Å²) >= 11 is 11.9. The van der Waals surface area contributed by atoms with Crippen molar-refractivity contribution in [2.75, 3.05) is 0 Å². The zero-order valence-electron chi connectivity index (χ0n) is 14.7. The number of carboxylic acids is 1. The number of aryl methyl sites for hydroxylation is 2. The van der Waals surface area contributed by atoms with Gasteiger partial charge in [0, 0.05) is 6.04 Å². The van der Waals surface area contributed by atoms with Crippen molar-refractivity contribution < 1.29 is 14.7 Å². The third-order valence-electron chi connectivity index (χ3n) is 4.19. The van der Waals surface area contributed by atoms with Crippen LogP contribution in [0.5, 0.6) is 0 Å². The third-order valence-corrected chi connectivity index (χ3v) is 4.93. The van der Waals surface area contributed by atoms with Crippen LogP contribution in [0.3, 0.4) is 0 Å². The minimum absolute atomic E-state index is 0.168. The van der Waals surface area contributed by atoms with Crippen molar-refractivity contribution in [1.82, 2.24) is 5.32 Å². The number of amides is 1. The standard InChI is InChI=1S/C20H21Cl2NO3/c1-12-3-4-14(7-13(12)2)10-19(24)23-16(11-20(25)26)8-15-5-6-17(21)18(22)9-15/h3-7,9,16H,8,10-11H2,1-2H3,(H,23,24)(H,25,26)/t16-/m0/s1. The summed E-state index contributed by atoms with van der Waals surface area (Å²) in [5.74, 6) is -1.18. The Kier molecular flexibility index (Phi) is 7.06. The molecule has 138 valence electrons. The topological polar surface area (TPSA) is 66.4 Å². The summed E-state index contributed by atoms with van der Waals surface area (Å²) in [7, 11) is 0. The second-order valence-corrected chi connectivity index (χ2v) is 7.22. The molecule has 2 N–H and O–H groups in total. The normalized spacial score (nSPS) is 11.8. The summed E-state index contributed by atoms with van der Waals surface area (Å²) in [5, 5.41) is 12.8. The van der Waals surface area contributed by atoms with Crippen LogP contribution in [-0.2, 0) is 22.4 Å². The van der Waals surface area contributed by atoms with Crippen molar-refractivity contribution in [1.29, 1.82) is 0 Å². The number of carbonyl (C=O) groups excluding carboxylic acids is 1. The molecule has 0 fully saturated rings. The van der Waals surface area contributed by atoms with E-state index in [2.05, 4.69) is 5.32 Å². The van der Waals surface area contributed by atoms with Crippen LogP contribution in [0, 0.1) is 13.8 Å². The second-order valence-electron chi connectivity index (χ2n) is 6.41. The monoisotopic (exact) mass is 393 g/mol. The van der Waals surface area contributed by atoms with Crippen molar-refractivity contribution >= 4 is 35.1 Å². The highest BCUT2D eigenvalue weighted by Gasteiger charge is 2.17. The molecule has 0 heterocycles. The van der Waals surface area contributed by atoms with Gasteiger partial charge in [0.2, 0.25) is 5.91 Å². The molecule has 0 unspecified atom stereocenters. The molecule has 6 heteroatoms. The first-order valence-electron chi connectivity index (χ1n) is 8.26. The zero-order chi connectivity index (χ0) is 19.3. The molecule has 1 amide bonds. The Labute approximate surface area is 163 Å². The van der Waals surface area contributed by atoms with Crippen LogP contribution in [0.4, 0.5) is 0 Å². The Balaban J connectivity index is 2.05. The van der Waals surface area contributed by atoms with E-state index in [4.69, 9.17) is 28.3 Å². The van der Waals surface area contributed by atoms with Crippen molar-refractivity contribution in [2.45, 2.75) is 39.2 Å². The van der Waals surface area contributed by atoms with Crippen molar-refractivity contribution in [3.05, 3.63) is 68.7 Å².